The molecular weight excluding hydrogens is 204 g/mol. The van der Waals surface area contributed by atoms with Crippen LogP contribution in [0.4, 0.5) is 5.82 Å². The molecule has 2 rings (SSSR count). The summed E-state index contributed by atoms with van der Waals surface area (Å²) in [6.45, 7) is 3.82. The maximum absolute atomic E-state index is 10.1. The van der Waals surface area contributed by atoms with Crippen molar-refractivity contribution in [2.24, 2.45) is 4.99 Å². The van der Waals surface area contributed by atoms with Gasteiger partial charge in [-0.25, -0.2) is 4.79 Å². The first-order valence-electron chi connectivity index (χ1n) is 4.83. The third-order valence-corrected chi connectivity index (χ3v) is 2.36. The first-order valence-corrected chi connectivity index (χ1v) is 4.83. The quantitative estimate of drug-likeness (QED) is 0.570. The number of benzene rings is 1. The molecule has 2 aromatic rings. The van der Waals surface area contributed by atoms with Crippen LogP contribution in [-0.2, 0) is 4.79 Å². The van der Waals surface area contributed by atoms with Crippen LogP contribution in [0.1, 0.15) is 11.1 Å². The highest BCUT2D eigenvalue weighted by molar-refractivity contribution is 5.66. The maximum atomic E-state index is 10.1. The number of aryl methyl sites for hydroxylation is 1. The van der Waals surface area contributed by atoms with E-state index in [-0.39, 0.29) is 5.82 Å². The summed E-state index contributed by atoms with van der Waals surface area (Å²) in [6, 6.07) is 7.86. The van der Waals surface area contributed by atoms with Crippen molar-refractivity contribution in [1.82, 2.24) is 5.16 Å². The van der Waals surface area contributed by atoms with Crippen LogP contribution in [0.3, 0.4) is 0 Å². The zero-order valence-corrected chi connectivity index (χ0v) is 9.02. The fourth-order valence-corrected chi connectivity index (χ4v) is 1.45. The third-order valence-electron chi connectivity index (χ3n) is 2.36. The molecule has 4 heteroatoms. The molecule has 0 aliphatic rings. The molecule has 1 aromatic heterocycles. The lowest BCUT2D eigenvalue weighted by Crippen LogP contribution is -1.78. The molecule has 0 atom stereocenters. The molecule has 0 N–H and O–H groups in total. The summed E-state index contributed by atoms with van der Waals surface area (Å²) in [7, 11) is 0. The van der Waals surface area contributed by atoms with Gasteiger partial charge in [0.25, 0.3) is 0 Å². The van der Waals surface area contributed by atoms with Crippen molar-refractivity contribution in [3.63, 3.8) is 0 Å². The van der Waals surface area contributed by atoms with E-state index in [9.17, 15) is 4.79 Å². The highest BCUT2D eigenvalue weighted by Gasteiger charge is 2.12. The lowest BCUT2D eigenvalue weighted by Gasteiger charge is -1.97. The van der Waals surface area contributed by atoms with Crippen LogP contribution in [0.2, 0.25) is 0 Å². The van der Waals surface area contributed by atoms with E-state index in [4.69, 9.17) is 4.52 Å². The van der Waals surface area contributed by atoms with Gasteiger partial charge < -0.3 is 4.52 Å². The van der Waals surface area contributed by atoms with E-state index in [0.717, 1.165) is 11.1 Å². The summed E-state index contributed by atoms with van der Waals surface area (Å²) < 4.78 is 5.15. The van der Waals surface area contributed by atoms with Crippen molar-refractivity contribution in [2.75, 3.05) is 0 Å². The van der Waals surface area contributed by atoms with Crippen LogP contribution in [0, 0.1) is 13.8 Å². The van der Waals surface area contributed by atoms with Gasteiger partial charge >= 0.3 is 0 Å². The zero-order chi connectivity index (χ0) is 11.5. The van der Waals surface area contributed by atoms with E-state index < -0.39 is 0 Å². The van der Waals surface area contributed by atoms with Crippen LogP contribution in [0.15, 0.2) is 33.8 Å². The van der Waals surface area contributed by atoms with Crippen LogP contribution in [-0.4, -0.2) is 11.2 Å². The monoisotopic (exact) mass is 214 g/mol. The first-order chi connectivity index (χ1) is 7.72. The van der Waals surface area contributed by atoms with Gasteiger partial charge in [0.15, 0.2) is 5.76 Å². The molecule has 0 unspecified atom stereocenters. The molecular formula is C12H10N2O2. The van der Waals surface area contributed by atoms with Crippen molar-refractivity contribution >= 4 is 11.9 Å². The minimum Gasteiger partial charge on any atom is -0.354 e. The van der Waals surface area contributed by atoms with Gasteiger partial charge in [-0.2, -0.15) is 0 Å². The first kappa shape index (κ1) is 10.3. The summed E-state index contributed by atoms with van der Waals surface area (Å²) in [5.74, 6) is 0.916. The molecule has 0 radical (unpaired) electrons. The predicted octanol–water partition coefficient (Wildman–Crippen LogP) is 2.93. The molecule has 0 fully saturated rings. The zero-order valence-electron chi connectivity index (χ0n) is 9.02. The van der Waals surface area contributed by atoms with E-state index >= 15 is 0 Å². The minimum atomic E-state index is 0.283. The van der Waals surface area contributed by atoms with Crippen molar-refractivity contribution in [2.45, 2.75) is 13.8 Å². The fraction of sp³-hybridized carbons (Fsp3) is 0.167. The Morgan fingerprint density at radius 3 is 2.56 bits per heavy atom. The van der Waals surface area contributed by atoms with Gasteiger partial charge in [-0.05, 0) is 13.8 Å². The number of aliphatic imine (C=N–C) groups is 1. The average molecular weight is 214 g/mol. The number of hydrogen-bond acceptors (Lipinski definition) is 4. The molecule has 1 aromatic carbocycles. The molecule has 16 heavy (non-hydrogen) atoms. The van der Waals surface area contributed by atoms with E-state index in [1.807, 2.05) is 38.1 Å². The molecule has 4 nitrogen and oxygen atoms in total. The van der Waals surface area contributed by atoms with Gasteiger partial charge in [0.2, 0.25) is 11.9 Å². The normalized spacial score (nSPS) is 9.88. The second-order valence-electron chi connectivity index (χ2n) is 3.53. The summed E-state index contributed by atoms with van der Waals surface area (Å²) in [6.07, 6.45) is 1.45. The second kappa shape index (κ2) is 4.13. The highest BCUT2D eigenvalue weighted by Crippen LogP contribution is 2.29. The minimum absolute atomic E-state index is 0.283. The average Bonchev–Trinajstić information content (AvgIpc) is 2.63. The molecule has 0 bridgehead atoms. The van der Waals surface area contributed by atoms with Crippen molar-refractivity contribution in [3.8, 4) is 11.3 Å². The van der Waals surface area contributed by atoms with E-state index in [1.165, 1.54) is 11.6 Å². The Bertz CT molecular complexity index is 549. The number of carbonyl (C=O) groups excluding carboxylic acids is 1. The number of rotatable bonds is 2. The van der Waals surface area contributed by atoms with E-state index in [1.54, 1.807) is 0 Å². The van der Waals surface area contributed by atoms with Gasteiger partial charge in [0, 0.05) is 11.1 Å². The van der Waals surface area contributed by atoms with Crippen molar-refractivity contribution in [1.29, 1.82) is 0 Å². The SMILES string of the molecule is Cc1ccc(-c2onc(N=C=O)c2C)cc1. The lowest BCUT2D eigenvalue weighted by molar-refractivity contribution is 0.434. The fourth-order valence-electron chi connectivity index (χ4n) is 1.45. The molecule has 0 aliphatic heterocycles. The largest absolute Gasteiger partial charge is 0.354 e. The molecule has 1 heterocycles. The Morgan fingerprint density at radius 2 is 1.94 bits per heavy atom. The van der Waals surface area contributed by atoms with Crippen LogP contribution in [0.5, 0.6) is 0 Å². The molecule has 0 aliphatic carbocycles. The maximum Gasteiger partial charge on any atom is 0.242 e. The van der Waals surface area contributed by atoms with Crippen LogP contribution < -0.4 is 0 Å². The predicted molar refractivity (Wildman–Crippen MR) is 59.2 cm³/mol. The Morgan fingerprint density at radius 1 is 1.25 bits per heavy atom. The van der Waals surface area contributed by atoms with Crippen molar-refractivity contribution < 1.29 is 9.32 Å². The molecule has 80 valence electrons. The van der Waals surface area contributed by atoms with Crippen LogP contribution >= 0.6 is 0 Å². The van der Waals surface area contributed by atoms with Gasteiger partial charge in [0.05, 0.1) is 0 Å². The number of isocyanates is 1. The van der Waals surface area contributed by atoms with Crippen molar-refractivity contribution in [3.05, 3.63) is 35.4 Å². The summed E-state index contributed by atoms with van der Waals surface area (Å²) in [4.78, 5) is 13.6. The van der Waals surface area contributed by atoms with Gasteiger partial charge in [0.1, 0.15) is 0 Å². The lowest BCUT2D eigenvalue weighted by atomic mass is 10.1. The topological polar surface area (TPSA) is 55.5 Å². The molecule has 0 amide bonds. The smallest absolute Gasteiger partial charge is 0.242 e. The Hall–Kier alpha value is -2.19. The van der Waals surface area contributed by atoms with Crippen LogP contribution in [0.25, 0.3) is 11.3 Å². The standard InChI is InChI=1S/C12H10N2O2/c1-8-3-5-10(6-4-8)11-9(2)12(13-7-15)14-16-11/h3-6H,1-2H3. The highest BCUT2D eigenvalue weighted by atomic mass is 16.5. The molecule has 0 spiro atoms. The van der Waals surface area contributed by atoms with E-state index in [0.29, 0.717) is 5.76 Å². The van der Waals surface area contributed by atoms with E-state index in [2.05, 4.69) is 10.1 Å². The van der Waals surface area contributed by atoms with Gasteiger partial charge in [-0.3, -0.25) is 0 Å². The Balaban J connectivity index is 2.48. The van der Waals surface area contributed by atoms with Gasteiger partial charge in [-0.15, -0.1) is 4.99 Å². The Kier molecular flexibility index (Phi) is 2.66. The summed E-state index contributed by atoms with van der Waals surface area (Å²) in [5, 5.41) is 3.70. The van der Waals surface area contributed by atoms with Gasteiger partial charge in [-0.1, -0.05) is 35.0 Å². The number of aromatic nitrogens is 1. The summed E-state index contributed by atoms with van der Waals surface area (Å²) in [5.41, 5.74) is 2.84. The summed E-state index contributed by atoms with van der Waals surface area (Å²) >= 11 is 0. The second-order valence-corrected chi connectivity index (χ2v) is 3.53. The Labute approximate surface area is 92.6 Å². The molecule has 0 saturated carbocycles. The number of hydrogen-bond donors (Lipinski definition) is 0. The number of nitrogens with zero attached hydrogens (tertiary/aromatic N) is 2. The third kappa shape index (κ3) is 1.78. The molecule has 0 saturated heterocycles.